The van der Waals surface area contributed by atoms with Crippen molar-refractivity contribution in [3.05, 3.63) is 10.1 Å². The topological polar surface area (TPSA) is 214 Å². The minimum absolute atomic E-state index is 0.107. The summed E-state index contributed by atoms with van der Waals surface area (Å²) < 4.78 is 9.42. The van der Waals surface area contributed by atoms with Crippen LogP contribution < -0.4 is 11.1 Å². The second kappa shape index (κ2) is 14.2. The van der Waals surface area contributed by atoms with Gasteiger partial charge in [0.25, 0.3) is 5.09 Å². The van der Waals surface area contributed by atoms with Crippen molar-refractivity contribution in [1.82, 2.24) is 5.32 Å². The fourth-order valence-corrected chi connectivity index (χ4v) is 2.80. The van der Waals surface area contributed by atoms with Crippen LogP contribution in [0.2, 0.25) is 0 Å². The maximum atomic E-state index is 11.9. The van der Waals surface area contributed by atoms with E-state index in [1.54, 1.807) is 0 Å². The fraction of sp³-hybridized carbons (Fsp3) is 0.706. The minimum atomic E-state index is -1.27. The smallest absolute Gasteiger partial charge is 0.375 e. The van der Waals surface area contributed by atoms with E-state index >= 15 is 0 Å². The van der Waals surface area contributed by atoms with Gasteiger partial charge in [0.05, 0.1) is 19.5 Å². The van der Waals surface area contributed by atoms with Gasteiger partial charge in [-0.1, -0.05) is 13.8 Å². The highest BCUT2D eigenvalue weighted by atomic mass is 32.2. The molecule has 0 aromatic rings. The first-order chi connectivity index (χ1) is 14.8. The number of hydrogen-bond acceptors (Lipinski definition) is 12. The van der Waals surface area contributed by atoms with Crippen LogP contribution in [0.25, 0.3) is 0 Å². The number of esters is 2. The van der Waals surface area contributed by atoms with Crippen molar-refractivity contribution in [2.75, 3.05) is 31.8 Å². The van der Waals surface area contributed by atoms with Gasteiger partial charge in [0.15, 0.2) is 0 Å². The van der Waals surface area contributed by atoms with E-state index in [1.807, 2.05) is 0 Å². The largest absolute Gasteiger partial charge is 0.480 e. The summed E-state index contributed by atoms with van der Waals surface area (Å²) in [5, 5.41) is 20.3. The number of Topliss-reactive ketones (excluding diaryl/α,β-unsaturated/α-hetero) is 1. The van der Waals surface area contributed by atoms with Gasteiger partial charge in [-0.3, -0.25) is 14.4 Å². The SMILES string of the molecule is COC(=O)[C@H](CSCC(=O)C(=O)OCC(C)(C)CO[N+](=O)[O-])NC(=O)CC[C@H](N)C(=O)O. The van der Waals surface area contributed by atoms with Gasteiger partial charge in [-0.25, -0.2) is 9.59 Å². The Morgan fingerprint density at radius 2 is 1.84 bits per heavy atom. The van der Waals surface area contributed by atoms with Crippen LogP contribution in [0.5, 0.6) is 0 Å². The van der Waals surface area contributed by atoms with E-state index in [0.29, 0.717) is 0 Å². The Bertz CT molecular complexity index is 714. The molecule has 0 heterocycles. The normalized spacial score (nSPS) is 12.8. The van der Waals surface area contributed by atoms with Crippen LogP contribution in [0.4, 0.5) is 0 Å². The summed E-state index contributed by atoms with van der Waals surface area (Å²) >= 11 is 0.862. The third-order valence-corrected chi connectivity index (χ3v) is 4.76. The molecule has 0 saturated carbocycles. The molecule has 0 aliphatic heterocycles. The number of methoxy groups -OCH3 is 1. The molecule has 0 spiro atoms. The highest BCUT2D eigenvalue weighted by Crippen LogP contribution is 2.16. The van der Waals surface area contributed by atoms with Crippen molar-refractivity contribution in [1.29, 1.82) is 0 Å². The monoisotopic (exact) mass is 481 g/mol. The van der Waals surface area contributed by atoms with Crippen LogP contribution in [-0.2, 0) is 38.3 Å². The highest BCUT2D eigenvalue weighted by molar-refractivity contribution is 8.00. The fourth-order valence-electron chi connectivity index (χ4n) is 1.93. The van der Waals surface area contributed by atoms with E-state index in [-0.39, 0.29) is 37.6 Å². The summed E-state index contributed by atoms with van der Waals surface area (Å²) in [5.41, 5.74) is 4.41. The third kappa shape index (κ3) is 12.7. The Balaban J connectivity index is 4.53. The summed E-state index contributed by atoms with van der Waals surface area (Å²) in [6.07, 6.45) is -0.386. The molecule has 0 fully saturated rings. The third-order valence-electron chi connectivity index (χ3n) is 3.72. The van der Waals surface area contributed by atoms with Crippen LogP contribution in [0.1, 0.15) is 26.7 Å². The number of nitrogens with one attached hydrogen (secondary N) is 1. The Kier molecular flexibility index (Phi) is 12.9. The van der Waals surface area contributed by atoms with E-state index in [9.17, 15) is 34.1 Å². The molecule has 4 N–H and O–H groups in total. The van der Waals surface area contributed by atoms with Crippen LogP contribution in [0.15, 0.2) is 0 Å². The zero-order chi connectivity index (χ0) is 24.9. The van der Waals surface area contributed by atoms with E-state index in [0.717, 1.165) is 18.9 Å². The molecular formula is C17H27N3O11S. The number of carbonyl (C=O) groups is 5. The van der Waals surface area contributed by atoms with E-state index in [2.05, 4.69) is 14.9 Å². The van der Waals surface area contributed by atoms with Crippen molar-refractivity contribution in [2.45, 2.75) is 38.8 Å². The first-order valence-corrected chi connectivity index (χ1v) is 10.3. The predicted octanol–water partition coefficient (Wildman–Crippen LogP) is -1.08. The second-order valence-electron chi connectivity index (χ2n) is 7.30. The maximum Gasteiger partial charge on any atom is 0.375 e. The highest BCUT2D eigenvalue weighted by Gasteiger charge is 2.26. The lowest BCUT2D eigenvalue weighted by Gasteiger charge is -2.22. The zero-order valence-corrected chi connectivity index (χ0v) is 18.7. The lowest BCUT2D eigenvalue weighted by atomic mass is 9.96. The van der Waals surface area contributed by atoms with Crippen molar-refractivity contribution in [3.63, 3.8) is 0 Å². The quantitative estimate of drug-likeness (QED) is 0.104. The molecule has 0 aliphatic carbocycles. The molecule has 32 heavy (non-hydrogen) atoms. The summed E-state index contributed by atoms with van der Waals surface area (Å²) in [4.78, 5) is 72.6. The molecule has 0 unspecified atom stereocenters. The zero-order valence-electron chi connectivity index (χ0n) is 17.9. The Morgan fingerprint density at radius 1 is 1.22 bits per heavy atom. The average Bonchev–Trinajstić information content (AvgIpc) is 2.72. The molecule has 182 valence electrons. The first kappa shape index (κ1) is 29.1. The summed E-state index contributed by atoms with van der Waals surface area (Å²) in [7, 11) is 1.10. The number of ether oxygens (including phenoxy) is 2. The van der Waals surface area contributed by atoms with E-state index in [4.69, 9.17) is 15.6 Å². The molecule has 1 amide bonds. The van der Waals surface area contributed by atoms with Crippen LogP contribution in [0.3, 0.4) is 0 Å². The summed E-state index contributed by atoms with van der Waals surface area (Å²) in [6.45, 7) is 2.44. The van der Waals surface area contributed by atoms with E-state index in [1.165, 1.54) is 13.8 Å². The summed E-state index contributed by atoms with van der Waals surface area (Å²) in [6, 6.07) is -2.37. The number of carboxylic acid groups (broad SMARTS) is 1. The first-order valence-electron chi connectivity index (χ1n) is 9.19. The molecule has 15 heteroatoms. The van der Waals surface area contributed by atoms with Crippen LogP contribution in [0, 0.1) is 15.5 Å². The maximum absolute atomic E-state index is 11.9. The molecule has 0 aromatic heterocycles. The number of carboxylic acids is 1. The average molecular weight is 481 g/mol. The van der Waals surface area contributed by atoms with Gasteiger partial charge >= 0.3 is 17.9 Å². The second-order valence-corrected chi connectivity index (χ2v) is 8.33. The number of ketones is 1. The summed E-state index contributed by atoms with van der Waals surface area (Å²) in [5.74, 6) is -5.24. The van der Waals surface area contributed by atoms with Gasteiger partial charge in [-0.2, -0.15) is 11.8 Å². The van der Waals surface area contributed by atoms with Crippen molar-refractivity contribution in [2.24, 2.45) is 11.1 Å². The van der Waals surface area contributed by atoms with Crippen LogP contribution >= 0.6 is 11.8 Å². The number of rotatable bonds is 16. The van der Waals surface area contributed by atoms with Gasteiger partial charge < -0.3 is 30.5 Å². The lowest BCUT2D eigenvalue weighted by Crippen LogP contribution is -2.44. The number of carbonyl (C=O) groups excluding carboxylic acids is 4. The number of thioether (sulfide) groups is 1. The molecule has 0 aliphatic rings. The van der Waals surface area contributed by atoms with Gasteiger partial charge in [0, 0.05) is 17.6 Å². The molecule has 0 rings (SSSR count). The standard InChI is InChI=1S/C17H27N3O11S/c1-17(2,9-31-20(27)28)8-30-16(26)12(21)7-32-6-11(15(25)29-3)19-13(22)5-4-10(18)14(23)24/h10-11H,4-9,18H2,1-3H3,(H,19,22)(H,23,24)/t10-,11-/m0/s1. The molecule has 0 bridgehead atoms. The lowest BCUT2D eigenvalue weighted by molar-refractivity contribution is -0.760. The minimum Gasteiger partial charge on any atom is -0.480 e. The van der Waals surface area contributed by atoms with Crippen molar-refractivity contribution >= 4 is 41.4 Å². The Morgan fingerprint density at radius 3 is 2.38 bits per heavy atom. The number of hydrogen-bond donors (Lipinski definition) is 3. The van der Waals surface area contributed by atoms with E-state index < -0.39 is 52.2 Å². The number of aliphatic carboxylic acids is 1. The van der Waals surface area contributed by atoms with Gasteiger partial charge in [0.1, 0.15) is 18.7 Å². The van der Waals surface area contributed by atoms with Crippen molar-refractivity contribution in [3.8, 4) is 0 Å². The van der Waals surface area contributed by atoms with Crippen LogP contribution in [-0.4, -0.2) is 83.7 Å². The molecule has 2 atom stereocenters. The molecule has 0 aromatic carbocycles. The number of amides is 1. The number of nitrogens with zero attached hydrogens (tertiary/aromatic N) is 1. The van der Waals surface area contributed by atoms with Gasteiger partial charge in [0.2, 0.25) is 11.7 Å². The predicted molar refractivity (Wildman–Crippen MR) is 109 cm³/mol. The van der Waals surface area contributed by atoms with Gasteiger partial charge in [-0.05, 0) is 6.42 Å². The molecule has 0 saturated heterocycles. The Hall–Kier alpha value is -2.94. The van der Waals surface area contributed by atoms with Gasteiger partial charge in [-0.15, -0.1) is 10.1 Å². The molecule has 0 radical (unpaired) electrons. The van der Waals surface area contributed by atoms with Crippen molar-refractivity contribution < 1.29 is 48.5 Å². The number of nitrogens with two attached hydrogens (primary N) is 1. The molecule has 14 nitrogen and oxygen atoms in total. The molecular weight excluding hydrogens is 454 g/mol. The Labute approximate surface area is 187 Å².